The third kappa shape index (κ3) is 3.25. The Balaban J connectivity index is 1.57. The van der Waals surface area contributed by atoms with Gasteiger partial charge in [0.2, 0.25) is 0 Å². The standard InChI is InChI=1S/C16H22N4/c17-14(11-13-5-8-18-9-6-13)12-15-7-10-20(19-15)16-3-1-2-4-16/h5-10,14,16H,1-4,11-12,17H2. The summed E-state index contributed by atoms with van der Waals surface area (Å²) in [5.41, 5.74) is 8.58. The number of hydrogen-bond donors (Lipinski definition) is 1. The molecule has 2 aromatic rings. The molecule has 0 saturated heterocycles. The molecule has 20 heavy (non-hydrogen) atoms. The van der Waals surface area contributed by atoms with E-state index in [9.17, 15) is 0 Å². The summed E-state index contributed by atoms with van der Waals surface area (Å²) in [7, 11) is 0. The van der Waals surface area contributed by atoms with Gasteiger partial charge in [-0.2, -0.15) is 5.10 Å². The molecule has 3 rings (SSSR count). The lowest BCUT2D eigenvalue weighted by Crippen LogP contribution is -2.25. The Morgan fingerprint density at radius 1 is 1.15 bits per heavy atom. The summed E-state index contributed by atoms with van der Waals surface area (Å²) in [6, 6.07) is 6.89. The Kier molecular flexibility index (Phi) is 4.11. The zero-order valence-electron chi connectivity index (χ0n) is 11.8. The van der Waals surface area contributed by atoms with Crippen molar-refractivity contribution < 1.29 is 0 Å². The van der Waals surface area contributed by atoms with E-state index in [0.29, 0.717) is 6.04 Å². The van der Waals surface area contributed by atoms with E-state index < -0.39 is 0 Å². The van der Waals surface area contributed by atoms with Gasteiger partial charge in [0.05, 0.1) is 11.7 Å². The Bertz CT molecular complexity index is 528. The van der Waals surface area contributed by atoms with E-state index in [4.69, 9.17) is 10.8 Å². The lowest BCUT2D eigenvalue weighted by atomic mass is 10.0. The van der Waals surface area contributed by atoms with Crippen molar-refractivity contribution in [1.82, 2.24) is 14.8 Å². The Hall–Kier alpha value is -1.68. The Morgan fingerprint density at radius 3 is 2.65 bits per heavy atom. The van der Waals surface area contributed by atoms with Crippen molar-refractivity contribution in [3.63, 3.8) is 0 Å². The second-order valence-electron chi connectivity index (χ2n) is 5.75. The summed E-state index contributed by atoms with van der Waals surface area (Å²) in [5, 5.41) is 4.70. The zero-order chi connectivity index (χ0) is 13.8. The van der Waals surface area contributed by atoms with Gasteiger partial charge in [-0.3, -0.25) is 9.67 Å². The minimum atomic E-state index is 0.115. The molecule has 4 heteroatoms. The molecule has 1 unspecified atom stereocenters. The number of nitrogens with zero attached hydrogens (tertiary/aromatic N) is 3. The zero-order valence-corrected chi connectivity index (χ0v) is 11.8. The number of hydrogen-bond acceptors (Lipinski definition) is 3. The fourth-order valence-electron chi connectivity index (χ4n) is 3.02. The van der Waals surface area contributed by atoms with Crippen LogP contribution in [0.2, 0.25) is 0 Å². The first-order valence-electron chi connectivity index (χ1n) is 7.50. The highest BCUT2D eigenvalue weighted by Crippen LogP contribution is 2.28. The van der Waals surface area contributed by atoms with E-state index in [1.54, 1.807) is 0 Å². The monoisotopic (exact) mass is 270 g/mol. The average molecular weight is 270 g/mol. The second-order valence-corrected chi connectivity index (χ2v) is 5.75. The quantitative estimate of drug-likeness (QED) is 0.908. The molecule has 2 heterocycles. The van der Waals surface area contributed by atoms with E-state index in [0.717, 1.165) is 18.5 Å². The number of pyridine rings is 1. The van der Waals surface area contributed by atoms with Crippen LogP contribution in [-0.4, -0.2) is 20.8 Å². The summed E-state index contributed by atoms with van der Waals surface area (Å²) >= 11 is 0. The minimum Gasteiger partial charge on any atom is -0.327 e. The van der Waals surface area contributed by atoms with Crippen molar-refractivity contribution in [2.45, 2.75) is 50.6 Å². The molecular weight excluding hydrogens is 248 g/mol. The van der Waals surface area contributed by atoms with Crippen LogP contribution in [0.25, 0.3) is 0 Å². The molecule has 1 fully saturated rings. The van der Waals surface area contributed by atoms with Gasteiger partial charge in [-0.1, -0.05) is 12.8 Å². The van der Waals surface area contributed by atoms with Gasteiger partial charge < -0.3 is 5.73 Å². The van der Waals surface area contributed by atoms with Crippen LogP contribution in [0, 0.1) is 0 Å². The molecule has 1 saturated carbocycles. The molecule has 2 aromatic heterocycles. The van der Waals surface area contributed by atoms with E-state index >= 15 is 0 Å². The fraction of sp³-hybridized carbons (Fsp3) is 0.500. The predicted octanol–water partition coefficient (Wildman–Crippen LogP) is 2.51. The summed E-state index contributed by atoms with van der Waals surface area (Å²) in [4.78, 5) is 4.03. The largest absolute Gasteiger partial charge is 0.327 e. The maximum Gasteiger partial charge on any atom is 0.0640 e. The van der Waals surface area contributed by atoms with E-state index in [1.165, 1.54) is 31.2 Å². The van der Waals surface area contributed by atoms with Crippen LogP contribution in [0.5, 0.6) is 0 Å². The topological polar surface area (TPSA) is 56.7 Å². The van der Waals surface area contributed by atoms with Crippen LogP contribution in [0.4, 0.5) is 0 Å². The van der Waals surface area contributed by atoms with Crippen molar-refractivity contribution in [3.05, 3.63) is 48.0 Å². The maximum absolute atomic E-state index is 6.23. The Morgan fingerprint density at radius 2 is 1.90 bits per heavy atom. The van der Waals surface area contributed by atoms with Gasteiger partial charge in [0.1, 0.15) is 0 Å². The molecule has 1 aliphatic rings. The van der Waals surface area contributed by atoms with Crippen LogP contribution in [0.3, 0.4) is 0 Å². The summed E-state index contributed by atoms with van der Waals surface area (Å²) in [6.07, 6.45) is 12.7. The first-order chi connectivity index (χ1) is 9.81. The fourth-order valence-corrected chi connectivity index (χ4v) is 3.02. The van der Waals surface area contributed by atoms with E-state index in [2.05, 4.69) is 21.9 Å². The van der Waals surface area contributed by atoms with E-state index in [1.807, 2.05) is 24.5 Å². The van der Waals surface area contributed by atoms with Crippen molar-refractivity contribution in [2.24, 2.45) is 5.73 Å². The van der Waals surface area contributed by atoms with Gasteiger partial charge in [0.15, 0.2) is 0 Å². The van der Waals surface area contributed by atoms with Gasteiger partial charge >= 0.3 is 0 Å². The summed E-state index contributed by atoms with van der Waals surface area (Å²) in [5.74, 6) is 0. The molecule has 1 aliphatic carbocycles. The average Bonchev–Trinajstić information content (AvgIpc) is 3.10. The molecule has 0 radical (unpaired) electrons. The van der Waals surface area contributed by atoms with Crippen LogP contribution >= 0.6 is 0 Å². The van der Waals surface area contributed by atoms with Crippen LogP contribution in [-0.2, 0) is 12.8 Å². The van der Waals surface area contributed by atoms with Gasteiger partial charge in [0.25, 0.3) is 0 Å². The highest BCUT2D eigenvalue weighted by Gasteiger charge is 2.18. The molecule has 0 amide bonds. The molecule has 4 nitrogen and oxygen atoms in total. The van der Waals surface area contributed by atoms with Crippen LogP contribution in [0.1, 0.15) is 43.0 Å². The lowest BCUT2D eigenvalue weighted by Gasteiger charge is -2.11. The smallest absolute Gasteiger partial charge is 0.0640 e. The van der Waals surface area contributed by atoms with Crippen molar-refractivity contribution in [3.8, 4) is 0 Å². The molecule has 106 valence electrons. The van der Waals surface area contributed by atoms with Crippen LogP contribution < -0.4 is 5.73 Å². The molecule has 0 bridgehead atoms. The van der Waals surface area contributed by atoms with Gasteiger partial charge in [-0.25, -0.2) is 0 Å². The maximum atomic E-state index is 6.23. The van der Waals surface area contributed by atoms with Gasteiger partial charge in [-0.05, 0) is 43.0 Å². The first kappa shape index (κ1) is 13.3. The summed E-state index contributed by atoms with van der Waals surface area (Å²) in [6.45, 7) is 0. The molecule has 1 atom stereocenters. The normalized spacial score (nSPS) is 17.4. The van der Waals surface area contributed by atoms with Crippen LogP contribution in [0.15, 0.2) is 36.8 Å². The van der Waals surface area contributed by atoms with Crippen molar-refractivity contribution in [1.29, 1.82) is 0 Å². The van der Waals surface area contributed by atoms with Crippen molar-refractivity contribution >= 4 is 0 Å². The van der Waals surface area contributed by atoms with E-state index in [-0.39, 0.29) is 6.04 Å². The number of aromatic nitrogens is 3. The Labute approximate surface area is 120 Å². The SMILES string of the molecule is NC(Cc1ccncc1)Cc1ccn(C2CCCC2)n1. The van der Waals surface area contributed by atoms with Crippen molar-refractivity contribution in [2.75, 3.05) is 0 Å². The van der Waals surface area contributed by atoms with Gasteiger partial charge in [0, 0.05) is 31.1 Å². The highest BCUT2D eigenvalue weighted by molar-refractivity contribution is 5.12. The molecule has 0 spiro atoms. The molecular formula is C16H22N4. The predicted molar refractivity (Wildman–Crippen MR) is 79.4 cm³/mol. The summed E-state index contributed by atoms with van der Waals surface area (Å²) < 4.78 is 2.14. The third-order valence-electron chi connectivity index (χ3n) is 4.08. The second kappa shape index (κ2) is 6.18. The molecule has 2 N–H and O–H groups in total. The highest BCUT2D eigenvalue weighted by atomic mass is 15.3. The number of nitrogens with two attached hydrogens (primary N) is 1. The molecule has 0 aliphatic heterocycles. The first-order valence-corrected chi connectivity index (χ1v) is 7.50. The minimum absolute atomic E-state index is 0.115. The number of rotatable bonds is 5. The lowest BCUT2D eigenvalue weighted by molar-refractivity contribution is 0.461. The molecule has 0 aromatic carbocycles. The third-order valence-corrected chi connectivity index (χ3v) is 4.08. The van der Waals surface area contributed by atoms with Gasteiger partial charge in [-0.15, -0.1) is 0 Å².